The molecule has 5 nitrogen and oxygen atoms in total. The van der Waals surface area contributed by atoms with Crippen LogP contribution >= 0.6 is 22.9 Å². The van der Waals surface area contributed by atoms with E-state index in [0.29, 0.717) is 22.5 Å². The van der Waals surface area contributed by atoms with Crippen LogP contribution < -0.4 is 5.43 Å². The molecule has 0 fully saturated rings. The van der Waals surface area contributed by atoms with Crippen LogP contribution in [0.1, 0.15) is 23.7 Å². The second kappa shape index (κ2) is 8.03. The molecule has 1 aromatic carbocycles. The van der Waals surface area contributed by atoms with Gasteiger partial charge >= 0.3 is 5.97 Å². The van der Waals surface area contributed by atoms with E-state index in [-0.39, 0.29) is 18.0 Å². The van der Waals surface area contributed by atoms with Gasteiger partial charge in [0.15, 0.2) is 0 Å². The molecule has 23 heavy (non-hydrogen) atoms. The smallest absolute Gasteiger partial charge is 0.311 e. The van der Waals surface area contributed by atoms with E-state index in [1.54, 1.807) is 25.3 Å². The van der Waals surface area contributed by atoms with Gasteiger partial charge < -0.3 is 4.74 Å². The van der Waals surface area contributed by atoms with E-state index in [0.717, 1.165) is 5.56 Å². The number of nitrogens with one attached hydrogen (secondary N) is 1. The maximum absolute atomic E-state index is 13.7. The van der Waals surface area contributed by atoms with Crippen molar-refractivity contribution >= 4 is 40.3 Å². The molecule has 0 saturated carbocycles. The summed E-state index contributed by atoms with van der Waals surface area (Å²) in [6.07, 6.45) is 1.41. The molecule has 8 heteroatoms. The Kier molecular flexibility index (Phi) is 6.06. The zero-order valence-electron chi connectivity index (χ0n) is 12.6. The Morgan fingerprint density at radius 1 is 1.57 bits per heavy atom. The summed E-state index contributed by atoms with van der Waals surface area (Å²) >= 11 is 7.33. The number of hydrogen-bond acceptors (Lipinski definition) is 6. The molecule has 2 rings (SSSR count). The van der Waals surface area contributed by atoms with Gasteiger partial charge in [0.2, 0.25) is 5.13 Å². The average Bonchev–Trinajstić information content (AvgIpc) is 2.94. The van der Waals surface area contributed by atoms with Gasteiger partial charge in [0.25, 0.3) is 0 Å². The van der Waals surface area contributed by atoms with E-state index >= 15 is 0 Å². The number of anilines is 1. The third-order valence-electron chi connectivity index (χ3n) is 2.86. The van der Waals surface area contributed by atoms with Gasteiger partial charge in [-0.05, 0) is 25.5 Å². The molecule has 0 aliphatic rings. The summed E-state index contributed by atoms with van der Waals surface area (Å²) in [5, 5.41) is 6.47. The number of thiazole rings is 1. The van der Waals surface area contributed by atoms with Gasteiger partial charge in [-0.25, -0.2) is 9.37 Å². The summed E-state index contributed by atoms with van der Waals surface area (Å²) in [6, 6.07) is 2.94. The van der Waals surface area contributed by atoms with Crippen LogP contribution in [0.25, 0.3) is 0 Å². The minimum absolute atomic E-state index is 0.105. The molecule has 0 unspecified atom stereocenters. The second-order valence-electron chi connectivity index (χ2n) is 4.59. The van der Waals surface area contributed by atoms with Crippen LogP contribution in [-0.4, -0.2) is 23.8 Å². The minimum Gasteiger partial charge on any atom is -0.466 e. The van der Waals surface area contributed by atoms with Gasteiger partial charge in [0, 0.05) is 10.9 Å². The number of benzene rings is 1. The van der Waals surface area contributed by atoms with E-state index < -0.39 is 5.82 Å². The number of rotatable bonds is 6. The Morgan fingerprint density at radius 3 is 3.09 bits per heavy atom. The molecule has 0 aliphatic carbocycles. The van der Waals surface area contributed by atoms with Crippen molar-refractivity contribution in [2.75, 3.05) is 12.0 Å². The third kappa shape index (κ3) is 4.74. The highest BCUT2D eigenvalue weighted by Gasteiger charge is 2.09. The van der Waals surface area contributed by atoms with E-state index in [1.165, 1.54) is 23.6 Å². The Hall–Kier alpha value is -1.99. The second-order valence-corrected chi connectivity index (χ2v) is 5.82. The lowest BCUT2D eigenvalue weighted by molar-refractivity contribution is -0.142. The van der Waals surface area contributed by atoms with E-state index in [1.807, 2.05) is 0 Å². The summed E-state index contributed by atoms with van der Waals surface area (Å²) in [5.41, 5.74) is 4.26. The highest BCUT2D eigenvalue weighted by molar-refractivity contribution is 7.13. The zero-order chi connectivity index (χ0) is 16.8. The van der Waals surface area contributed by atoms with Crippen LogP contribution in [0.2, 0.25) is 5.02 Å². The minimum atomic E-state index is -0.451. The van der Waals surface area contributed by atoms with E-state index in [9.17, 15) is 9.18 Å². The number of nitrogens with zero attached hydrogens (tertiary/aromatic N) is 2. The molecule has 1 N–H and O–H groups in total. The lowest BCUT2D eigenvalue weighted by atomic mass is 10.1. The predicted molar refractivity (Wildman–Crippen MR) is 89.8 cm³/mol. The fourth-order valence-electron chi connectivity index (χ4n) is 1.75. The first kappa shape index (κ1) is 17.4. The Balaban J connectivity index is 2.00. The molecule has 122 valence electrons. The standard InChI is InChI=1S/C15H15ClFN3O2S/c1-3-22-13(21)6-10-8-23-15(19-10)20-18-7-11-12(17)5-4-9(2)14(11)16/h4-5,7-8H,3,6H2,1-2H3,(H,19,20). The average molecular weight is 356 g/mol. The maximum Gasteiger partial charge on any atom is 0.311 e. The van der Waals surface area contributed by atoms with Gasteiger partial charge in [-0.3, -0.25) is 10.2 Å². The number of aromatic nitrogens is 1. The molecule has 1 aromatic heterocycles. The van der Waals surface area contributed by atoms with Gasteiger partial charge in [0.1, 0.15) is 5.82 Å². The molecule has 0 spiro atoms. The first-order chi connectivity index (χ1) is 11.0. The van der Waals surface area contributed by atoms with E-state index in [4.69, 9.17) is 16.3 Å². The highest BCUT2D eigenvalue weighted by atomic mass is 35.5. The first-order valence-electron chi connectivity index (χ1n) is 6.85. The summed E-state index contributed by atoms with van der Waals surface area (Å²) in [4.78, 5) is 15.6. The molecule has 2 aromatic rings. The normalized spacial score (nSPS) is 11.0. The lowest BCUT2D eigenvalue weighted by Crippen LogP contribution is -2.07. The summed E-state index contributed by atoms with van der Waals surface area (Å²) in [5.74, 6) is -0.783. The molecular formula is C15H15ClFN3O2S. The fraction of sp³-hybridized carbons (Fsp3) is 0.267. The number of hydrogen-bond donors (Lipinski definition) is 1. The van der Waals surface area contributed by atoms with Crippen LogP contribution in [0.3, 0.4) is 0 Å². The highest BCUT2D eigenvalue weighted by Crippen LogP contribution is 2.22. The largest absolute Gasteiger partial charge is 0.466 e. The van der Waals surface area contributed by atoms with Crippen molar-refractivity contribution in [1.82, 2.24) is 4.98 Å². The van der Waals surface area contributed by atoms with Crippen molar-refractivity contribution in [2.45, 2.75) is 20.3 Å². The van der Waals surface area contributed by atoms with E-state index in [2.05, 4.69) is 15.5 Å². The van der Waals surface area contributed by atoms with Crippen LogP contribution in [-0.2, 0) is 16.0 Å². The van der Waals surface area contributed by atoms with Crippen LogP contribution in [0.4, 0.5) is 9.52 Å². The monoisotopic (exact) mass is 355 g/mol. The Labute approximate surface area is 142 Å². The van der Waals surface area contributed by atoms with Crippen LogP contribution in [0.15, 0.2) is 22.6 Å². The molecule has 0 saturated heterocycles. The first-order valence-corrected chi connectivity index (χ1v) is 8.10. The molecule has 0 aliphatic heterocycles. The molecule has 0 bridgehead atoms. The number of carbonyl (C=O) groups is 1. The Bertz CT molecular complexity index is 734. The van der Waals surface area contributed by atoms with Crippen LogP contribution in [0.5, 0.6) is 0 Å². The molecule has 0 atom stereocenters. The number of ether oxygens (including phenoxy) is 1. The fourth-order valence-corrected chi connectivity index (χ4v) is 2.61. The molecule has 0 radical (unpaired) electrons. The van der Waals surface area contributed by atoms with Crippen molar-refractivity contribution < 1.29 is 13.9 Å². The summed E-state index contributed by atoms with van der Waals surface area (Å²) in [6.45, 7) is 3.87. The van der Waals surface area contributed by atoms with Crippen molar-refractivity contribution in [3.63, 3.8) is 0 Å². The summed E-state index contributed by atoms with van der Waals surface area (Å²) in [7, 11) is 0. The van der Waals surface area contributed by atoms with Gasteiger partial charge in [-0.1, -0.05) is 17.7 Å². The number of hydrazone groups is 1. The van der Waals surface area contributed by atoms with Gasteiger partial charge in [-0.15, -0.1) is 11.3 Å². The van der Waals surface area contributed by atoms with Crippen LogP contribution in [0, 0.1) is 12.7 Å². The zero-order valence-corrected chi connectivity index (χ0v) is 14.2. The topological polar surface area (TPSA) is 63.6 Å². The Morgan fingerprint density at radius 2 is 2.35 bits per heavy atom. The van der Waals surface area contributed by atoms with Crippen molar-refractivity contribution in [2.24, 2.45) is 5.10 Å². The van der Waals surface area contributed by atoms with Gasteiger partial charge in [0.05, 0.1) is 30.0 Å². The quantitative estimate of drug-likeness (QED) is 0.486. The van der Waals surface area contributed by atoms with Crippen molar-refractivity contribution in [1.29, 1.82) is 0 Å². The number of aryl methyl sites for hydroxylation is 1. The third-order valence-corrected chi connectivity index (χ3v) is 4.15. The molecule has 0 amide bonds. The molecular weight excluding hydrogens is 341 g/mol. The summed E-state index contributed by atoms with van der Waals surface area (Å²) < 4.78 is 18.6. The van der Waals surface area contributed by atoms with Crippen molar-refractivity contribution in [3.8, 4) is 0 Å². The number of esters is 1. The SMILES string of the molecule is CCOC(=O)Cc1csc(NN=Cc2c(F)ccc(C)c2Cl)n1. The van der Waals surface area contributed by atoms with Gasteiger partial charge in [-0.2, -0.15) is 5.10 Å². The van der Waals surface area contributed by atoms with Crippen molar-refractivity contribution in [3.05, 3.63) is 45.2 Å². The molecule has 1 heterocycles. The lowest BCUT2D eigenvalue weighted by Gasteiger charge is -2.03. The number of halogens is 2. The predicted octanol–water partition coefficient (Wildman–Crippen LogP) is 3.80. The number of carbonyl (C=O) groups excluding carboxylic acids is 1. The maximum atomic E-state index is 13.7.